The zero-order valence-electron chi connectivity index (χ0n) is 28.0. The van der Waals surface area contributed by atoms with Gasteiger partial charge in [-0.1, -0.05) is 121 Å². The highest BCUT2D eigenvalue weighted by atomic mass is 16.3. The lowest BCUT2D eigenvalue weighted by Gasteiger charge is -2.17. The first-order valence-corrected chi connectivity index (χ1v) is 17.6. The van der Waals surface area contributed by atoms with Gasteiger partial charge in [0.15, 0.2) is 17.5 Å². The van der Waals surface area contributed by atoms with Crippen molar-refractivity contribution < 1.29 is 8.83 Å². The molecule has 0 N–H and O–H groups in total. The quantitative estimate of drug-likeness (QED) is 0.187. The number of hydrogen-bond donors (Lipinski definition) is 0. The number of allylic oxidation sites excluding steroid dienone is 4. The number of para-hydroxylation sites is 1. The summed E-state index contributed by atoms with van der Waals surface area (Å²) in [5.74, 6) is 2.05. The lowest BCUT2D eigenvalue weighted by Crippen LogP contribution is -2.29. The van der Waals surface area contributed by atoms with Gasteiger partial charge in [0.05, 0.1) is 0 Å². The van der Waals surface area contributed by atoms with Crippen LogP contribution in [-0.4, -0.2) is 15.0 Å². The van der Waals surface area contributed by atoms with Crippen molar-refractivity contribution in [1.82, 2.24) is 15.0 Å². The Balaban J connectivity index is 1.23. The van der Waals surface area contributed by atoms with Crippen molar-refractivity contribution in [3.63, 3.8) is 0 Å². The standard InChI is InChI=1S/C47H29N3O2/c1-2-13-30(14-3-1)45-48-46(31-21-23-37-36-18-8-9-20-39(36)51-41(37)26-31)50-47(49-45)38-25-32(34-19-10-15-28-11-4-6-16-33(28)34)27-42-44(38)43-35-17-7-5-12-29(35)22-24-40(43)52-42/h1-21,23-27,29H,22H2. The molecule has 0 saturated heterocycles. The Labute approximate surface area is 298 Å². The van der Waals surface area contributed by atoms with Gasteiger partial charge in [0.1, 0.15) is 22.2 Å². The van der Waals surface area contributed by atoms with Gasteiger partial charge in [0.2, 0.25) is 0 Å². The minimum atomic E-state index is 0.285. The van der Waals surface area contributed by atoms with Crippen LogP contribution < -0.4 is 10.6 Å². The van der Waals surface area contributed by atoms with Crippen molar-refractivity contribution >= 4 is 55.3 Å². The molecule has 0 amide bonds. The van der Waals surface area contributed by atoms with Gasteiger partial charge in [-0.3, -0.25) is 0 Å². The van der Waals surface area contributed by atoms with Crippen LogP contribution in [0.3, 0.4) is 0 Å². The predicted molar refractivity (Wildman–Crippen MR) is 210 cm³/mol. The van der Waals surface area contributed by atoms with Crippen LogP contribution in [0, 0.1) is 5.92 Å². The molecular weight excluding hydrogens is 639 g/mol. The van der Waals surface area contributed by atoms with E-state index in [1.165, 1.54) is 16.3 Å². The van der Waals surface area contributed by atoms with Crippen LogP contribution in [0.25, 0.3) is 101 Å². The number of hydrogen-bond acceptors (Lipinski definition) is 5. The van der Waals surface area contributed by atoms with Crippen molar-refractivity contribution in [1.29, 1.82) is 0 Å². The van der Waals surface area contributed by atoms with Crippen LogP contribution in [0.15, 0.2) is 161 Å². The highest BCUT2D eigenvalue weighted by molar-refractivity contribution is 6.06. The lowest BCUT2D eigenvalue weighted by atomic mass is 9.86. The molecule has 0 saturated carbocycles. The third-order valence-corrected chi connectivity index (χ3v) is 10.4. The SMILES string of the molecule is C1=CC2=c3c(oc4cc(-c5cccc6ccccc56)cc(-c5nc(-c6ccccc6)nc(-c6ccc7c(c6)oc6ccccc67)n5)c34)=CCC2C=C1. The van der Waals surface area contributed by atoms with Gasteiger partial charge < -0.3 is 8.83 Å². The smallest absolute Gasteiger partial charge is 0.164 e. The summed E-state index contributed by atoms with van der Waals surface area (Å²) in [7, 11) is 0. The lowest BCUT2D eigenvalue weighted by molar-refractivity contribution is 0.568. The fourth-order valence-corrected chi connectivity index (χ4v) is 7.99. The molecule has 3 heterocycles. The van der Waals surface area contributed by atoms with Crippen LogP contribution in [-0.2, 0) is 0 Å². The number of rotatable bonds is 4. The molecule has 5 nitrogen and oxygen atoms in total. The fraction of sp³-hybridized carbons (Fsp3) is 0.0426. The Morgan fingerprint density at radius 3 is 2.19 bits per heavy atom. The third-order valence-electron chi connectivity index (χ3n) is 10.4. The topological polar surface area (TPSA) is 65.0 Å². The summed E-state index contributed by atoms with van der Waals surface area (Å²) in [4.78, 5) is 15.6. The van der Waals surface area contributed by atoms with Crippen LogP contribution in [0.1, 0.15) is 6.42 Å². The summed E-state index contributed by atoms with van der Waals surface area (Å²) in [6.07, 6.45) is 11.9. The maximum Gasteiger partial charge on any atom is 0.164 e. The molecule has 11 rings (SSSR count). The molecule has 9 aromatic rings. The van der Waals surface area contributed by atoms with Gasteiger partial charge in [-0.15, -0.1) is 0 Å². The first kappa shape index (κ1) is 28.9. The zero-order chi connectivity index (χ0) is 34.2. The second kappa shape index (κ2) is 11.3. The van der Waals surface area contributed by atoms with E-state index >= 15 is 0 Å². The third kappa shape index (κ3) is 4.53. The van der Waals surface area contributed by atoms with Gasteiger partial charge in [-0.2, -0.15) is 0 Å². The predicted octanol–water partition coefficient (Wildman–Crippen LogP) is 10.4. The molecule has 2 aliphatic rings. The number of nitrogens with zero attached hydrogens (tertiary/aromatic N) is 3. The number of fused-ring (bicyclic) bond motifs is 8. The van der Waals surface area contributed by atoms with Crippen molar-refractivity contribution in [3.8, 4) is 45.3 Å². The summed E-state index contributed by atoms with van der Waals surface area (Å²) < 4.78 is 13.1. The molecule has 52 heavy (non-hydrogen) atoms. The normalized spacial score (nSPS) is 15.0. The Morgan fingerprint density at radius 2 is 1.27 bits per heavy atom. The number of aromatic nitrogens is 3. The van der Waals surface area contributed by atoms with E-state index in [2.05, 4.69) is 103 Å². The minimum Gasteiger partial charge on any atom is -0.456 e. The highest BCUT2D eigenvalue weighted by Crippen LogP contribution is 2.38. The maximum absolute atomic E-state index is 6.76. The summed E-state index contributed by atoms with van der Waals surface area (Å²) >= 11 is 0. The van der Waals surface area contributed by atoms with Crippen LogP contribution in [0.5, 0.6) is 0 Å². The van der Waals surface area contributed by atoms with E-state index in [-0.39, 0.29) is 5.92 Å². The van der Waals surface area contributed by atoms with E-state index in [1.807, 2.05) is 54.6 Å². The molecule has 0 aliphatic heterocycles. The molecule has 2 aliphatic carbocycles. The molecular formula is C47H29N3O2. The van der Waals surface area contributed by atoms with E-state index in [0.29, 0.717) is 17.5 Å². The van der Waals surface area contributed by atoms with Gasteiger partial charge in [0, 0.05) is 44.0 Å². The fourth-order valence-electron chi connectivity index (χ4n) is 7.99. The molecule has 0 spiro atoms. The Kier molecular flexibility index (Phi) is 6.31. The van der Waals surface area contributed by atoms with Crippen LogP contribution >= 0.6 is 0 Å². The molecule has 6 aromatic carbocycles. The maximum atomic E-state index is 6.76. The Bertz CT molecular complexity index is 3110. The van der Waals surface area contributed by atoms with E-state index in [0.717, 1.165) is 77.8 Å². The largest absolute Gasteiger partial charge is 0.456 e. The molecule has 1 atom stereocenters. The van der Waals surface area contributed by atoms with Crippen LogP contribution in [0.4, 0.5) is 0 Å². The van der Waals surface area contributed by atoms with Gasteiger partial charge >= 0.3 is 0 Å². The summed E-state index contributed by atoms with van der Waals surface area (Å²) in [6.45, 7) is 0. The molecule has 0 fully saturated rings. The van der Waals surface area contributed by atoms with E-state index in [4.69, 9.17) is 23.8 Å². The summed E-state index contributed by atoms with van der Waals surface area (Å²) in [5, 5.41) is 6.62. The molecule has 3 aromatic heterocycles. The average molecular weight is 668 g/mol. The highest BCUT2D eigenvalue weighted by Gasteiger charge is 2.24. The molecule has 5 heteroatoms. The second-order valence-electron chi connectivity index (χ2n) is 13.5. The minimum absolute atomic E-state index is 0.285. The van der Waals surface area contributed by atoms with E-state index < -0.39 is 0 Å². The molecule has 0 bridgehead atoms. The van der Waals surface area contributed by atoms with Crippen molar-refractivity contribution in [2.24, 2.45) is 5.92 Å². The van der Waals surface area contributed by atoms with Crippen LogP contribution in [0.2, 0.25) is 0 Å². The first-order valence-electron chi connectivity index (χ1n) is 17.6. The van der Waals surface area contributed by atoms with Gasteiger partial charge in [0.25, 0.3) is 0 Å². The van der Waals surface area contributed by atoms with Crippen molar-refractivity contribution in [2.75, 3.05) is 0 Å². The van der Waals surface area contributed by atoms with Gasteiger partial charge in [-0.25, -0.2) is 15.0 Å². The first-order chi connectivity index (χ1) is 25.7. The summed E-state index contributed by atoms with van der Waals surface area (Å²) in [6, 6.07) is 43.8. The van der Waals surface area contributed by atoms with Gasteiger partial charge in [-0.05, 0) is 70.3 Å². The molecule has 244 valence electrons. The number of furan rings is 2. The van der Waals surface area contributed by atoms with Crippen molar-refractivity contribution in [2.45, 2.75) is 6.42 Å². The Hall–Kier alpha value is -6.85. The average Bonchev–Trinajstić information content (AvgIpc) is 3.79. The molecule has 0 radical (unpaired) electrons. The van der Waals surface area contributed by atoms with Crippen molar-refractivity contribution in [3.05, 3.63) is 162 Å². The van der Waals surface area contributed by atoms with E-state index in [9.17, 15) is 0 Å². The van der Waals surface area contributed by atoms with E-state index in [1.54, 1.807) is 0 Å². The zero-order valence-corrected chi connectivity index (χ0v) is 28.0. The molecule has 1 unspecified atom stereocenters. The monoisotopic (exact) mass is 667 g/mol. The Morgan fingerprint density at radius 1 is 0.519 bits per heavy atom. The summed E-state index contributed by atoms with van der Waals surface area (Å²) in [5.41, 5.74) is 9.44. The second-order valence-corrected chi connectivity index (χ2v) is 13.5. The number of benzene rings is 6.